The molecule has 0 aromatic carbocycles. The predicted molar refractivity (Wildman–Crippen MR) is 253 cm³/mol. The van der Waals surface area contributed by atoms with E-state index in [1.54, 1.807) is 6.08 Å². The Morgan fingerprint density at radius 3 is 1.57 bits per heavy atom. The third kappa shape index (κ3) is 31.8. The molecule has 1 fully saturated rings. The highest BCUT2D eigenvalue weighted by Crippen LogP contribution is 2.22. The minimum absolute atomic E-state index is 0.196. The first-order valence-corrected chi connectivity index (χ1v) is 24.3. The average molecular weight is 856 g/mol. The summed E-state index contributed by atoms with van der Waals surface area (Å²) in [5.74, 6) is -0.196. The molecule has 7 unspecified atom stereocenters. The Bertz CT molecular complexity index is 1220. The lowest BCUT2D eigenvalue weighted by Gasteiger charge is -2.40. The van der Waals surface area contributed by atoms with Gasteiger partial charge in [-0.25, -0.2) is 0 Å². The summed E-state index contributed by atoms with van der Waals surface area (Å²) in [4.78, 5) is 13.0. The molecule has 0 aliphatic carbocycles. The quantitative estimate of drug-likeness (QED) is 0.0264. The zero-order valence-electron chi connectivity index (χ0n) is 38.4. The highest BCUT2D eigenvalue weighted by molar-refractivity contribution is 5.76. The summed E-state index contributed by atoms with van der Waals surface area (Å²) in [6.45, 7) is 3.60. The zero-order chi connectivity index (χ0) is 44.4. The van der Waals surface area contributed by atoms with Crippen LogP contribution in [0.3, 0.4) is 0 Å². The lowest BCUT2D eigenvalue weighted by molar-refractivity contribution is -0.302. The van der Waals surface area contributed by atoms with Crippen molar-refractivity contribution >= 4 is 5.91 Å². The number of ether oxygens (including phenoxy) is 2. The molecule has 1 heterocycles. The second kappa shape index (κ2) is 41.4. The zero-order valence-corrected chi connectivity index (χ0v) is 38.4. The van der Waals surface area contributed by atoms with Crippen LogP contribution in [0, 0.1) is 0 Å². The number of hydrogen-bond acceptors (Lipinski definition) is 8. The van der Waals surface area contributed by atoms with Gasteiger partial charge in [-0.1, -0.05) is 182 Å². The molecule has 350 valence electrons. The van der Waals surface area contributed by atoms with Crippen molar-refractivity contribution in [3.8, 4) is 0 Å². The molecule has 0 spiro atoms. The Kier molecular flexibility index (Phi) is 38.3. The second-order valence-corrected chi connectivity index (χ2v) is 16.5. The van der Waals surface area contributed by atoms with Crippen LogP contribution in [0.2, 0.25) is 0 Å². The predicted octanol–water partition coefficient (Wildman–Crippen LogP) is 10.7. The SMILES string of the molecule is CC/C=C\C/C=C\C/C=C\C/C=C\C/C=C\CCCCCCCCCCCCCC(=O)NC(COC1OC(CO)C(O)C(O)C1O)C(O)/C=C/CC/C=C/CCCCCCC. The molecule has 0 bridgehead atoms. The summed E-state index contributed by atoms with van der Waals surface area (Å²) in [5, 5.41) is 54.1. The maximum Gasteiger partial charge on any atom is 0.220 e. The molecule has 7 atom stereocenters. The number of unbranched alkanes of at least 4 members (excludes halogenated alkanes) is 17. The molecule has 0 aromatic rings. The number of carbonyl (C=O) groups is 1. The maximum atomic E-state index is 13.0. The van der Waals surface area contributed by atoms with Gasteiger partial charge in [0.1, 0.15) is 24.4 Å². The van der Waals surface area contributed by atoms with Gasteiger partial charge in [0.2, 0.25) is 5.91 Å². The van der Waals surface area contributed by atoms with Crippen LogP contribution in [-0.2, 0) is 14.3 Å². The van der Waals surface area contributed by atoms with Crippen molar-refractivity contribution < 1.29 is 39.8 Å². The summed E-state index contributed by atoms with van der Waals surface area (Å²) in [6, 6.07) is -0.826. The number of allylic oxidation sites excluding steroid dienone is 13. The topological polar surface area (TPSA) is 149 Å². The number of amides is 1. The minimum atomic E-state index is -1.57. The smallest absolute Gasteiger partial charge is 0.220 e. The van der Waals surface area contributed by atoms with Gasteiger partial charge in [-0.05, 0) is 77.0 Å². The molecule has 1 aliphatic rings. The van der Waals surface area contributed by atoms with Crippen molar-refractivity contribution in [1.29, 1.82) is 0 Å². The van der Waals surface area contributed by atoms with Crippen molar-refractivity contribution in [2.45, 2.75) is 224 Å². The van der Waals surface area contributed by atoms with E-state index < -0.39 is 49.5 Å². The van der Waals surface area contributed by atoms with Crippen LogP contribution in [0.25, 0.3) is 0 Å². The van der Waals surface area contributed by atoms with Crippen LogP contribution in [0.4, 0.5) is 0 Å². The van der Waals surface area contributed by atoms with E-state index in [0.29, 0.717) is 6.42 Å². The van der Waals surface area contributed by atoms with E-state index in [9.17, 15) is 30.3 Å². The first-order chi connectivity index (χ1) is 29.8. The van der Waals surface area contributed by atoms with Crippen molar-refractivity contribution in [1.82, 2.24) is 5.32 Å². The third-order valence-electron chi connectivity index (χ3n) is 11.0. The summed E-state index contributed by atoms with van der Waals surface area (Å²) < 4.78 is 11.2. The number of aliphatic hydroxyl groups is 5. The normalized spacial score (nSPS) is 21.2. The maximum absolute atomic E-state index is 13.0. The van der Waals surface area contributed by atoms with Gasteiger partial charge in [0.15, 0.2) is 6.29 Å². The highest BCUT2D eigenvalue weighted by atomic mass is 16.7. The first-order valence-electron chi connectivity index (χ1n) is 24.3. The molecule has 1 amide bonds. The van der Waals surface area contributed by atoms with Gasteiger partial charge in [-0.15, -0.1) is 0 Å². The third-order valence-corrected chi connectivity index (χ3v) is 11.0. The molecule has 9 heteroatoms. The van der Waals surface area contributed by atoms with Crippen LogP contribution in [0.15, 0.2) is 85.1 Å². The Balaban J connectivity index is 2.25. The molecule has 0 saturated carbocycles. The summed E-state index contributed by atoms with van der Waals surface area (Å²) in [5.41, 5.74) is 0. The number of rotatable bonds is 39. The molecule has 1 saturated heterocycles. The van der Waals surface area contributed by atoms with Crippen LogP contribution >= 0.6 is 0 Å². The number of hydrogen-bond donors (Lipinski definition) is 6. The fourth-order valence-electron chi connectivity index (χ4n) is 7.08. The lowest BCUT2D eigenvalue weighted by atomic mass is 9.99. The Morgan fingerprint density at radius 1 is 0.574 bits per heavy atom. The lowest BCUT2D eigenvalue weighted by Crippen LogP contribution is -2.60. The van der Waals surface area contributed by atoms with Crippen molar-refractivity contribution in [2.24, 2.45) is 0 Å². The van der Waals surface area contributed by atoms with Crippen LogP contribution < -0.4 is 5.32 Å². The van der Waals surface area contributed by atoms with Gasteiger partial charge < -0.3 is 40.3 Å². The Morgan fingerprint density at radius 2 is 1.03 bits per heavy atom. The summed E-state index contributed by atoms with van der Waals surface area (Å²) in [7, 11) is 0. The van der Waals surface area contributed by atoms with Crippen LogP contribution in [0.1, 0.15) is 181 Å². The van der Waals surface area contributed by atoms with Gasteiger partial charge in [-0.2, -0.15) is 0 Å². The van der Waals surface area contributed by atoms with E-state index in [2.05, 4.69) is 92.1 Å². The van der Waals surface area contributed by atoms with E-state index >= 15 is 0 Å². The van der Waals surface area contributed by atoms with Gasteiger partial charge >= 0.3 is 0 Å². The van der Waals surface area contributed by atoms with Crippen molar-refractivity contribution in [3.05, 3.63) is 85.1 Å². The molecule has 1 aliphatic heterocycles. The number of nitrogens with one attached hydrogen (secondary N) is 1. The van der Waals surface area contributed by atoms with Crippen LogP contribution in [-0.4, -0.2) is 87.5 Å². The van der Waals surface area contributed by atoms with Gasteiger partial charge in [-0.3, -0.25) is 4.79 Å². The molecule has 0 aromatic heterocycles. The van der Waals surface area contributed by atoms with Crippen molar-refractivity contribution in [3.63, 3.8) is 0 Å². The minimum Gasteiger partial charge on any atom is -0.394 e. The highest BCUT2D eigenvalue weighted by Gasteiger charge is 2.44. The molecular formula is C52H89NO8. The fraction of sp³-hybridized carbons (Fsp3) is 0.712. The van der Waals surface area contributed by atoms with Gasteiger partial charge in [0.25, 0.3) is 0 Å². The summed E-state index contributed by atoms with van der Waals surface area (Å²) in [6.07, 6.45) is 50.7. The van der Waals surface area contributed by atoms with Gasteiger partial charge in [0.05, 0.1) is 25.4 Å². The van der Waals surface area contributed by atoms with E-state index in [4.69, 9.17) is 9.47 Å². The van der Waals surface area contributed by atoms with E-state index in [1.165, 1.54) is 83.5 Å². The molecular weight excluding hydrogens is 767 g/mol. The number of aliphatic hydroxyl groups excluding tert-OH is 5. The first kappa shape index (κ1) is 56.4. The molecule has 61 heavy (non-hydrogen) atoms. The van der Waals surface area contributed by atoms with E-state index in [-0.39, 0.29) is 12.5 Å². The molecule has 9 nitrogen and oxygen atoms in total. The summed E-state index contributed by atoms with van der Waals surface area (Å²) >= 11 is 0. The molecule has 0 radical (unpaired) electrons. The van der Waals surface area contributed by atoms with E-state index in [1.807, 2.05) is 6.08 Å². The average Bonchev–Trinajstić information content (AvgIpc) is 3.26. The van der Waals surface area contributed by atoms with Gasteiger partial charge in [0, 0.05) is 6.42 Å². The second-order valence-electron chi connectivity index (χ2n) is 16.5. The van der Waals surface area contributed by atoms with Crippen molar-refractivity contribution in [2.75, 3.05) is 13.2 Å². The standard InChI is InChI=1S/C52H89NO8/c1-3-5-7-9-11-13-15-16-17-18-19-20-21-22-23-24-25-26-27-28-29-30-32-34-36-38-40-42-48(56)53-45(44-60-52-51(59)50(58)49(57)47(43-54)61-52)46(55)41-39-37-35-33-31-14-12-10-8-6-4-2/h5,7,11,13,16-17,19-20,22-23,31,33,39,41,45-47,49-52,54-55,57-59H,3-4,6,8-10,12,14-15,18,21,24-30,32,34-38,40,42-44H2,1-2H3,(H,53,56)/b7-5-,13-11-,17-16-,20-19-,23-22-,33-31+,41-39+. The molecule has 6 N–H and O–H groups in total. The monoisotopic (exact) mass is 856 g/mol. The van der Waals surface area contributed by atoms with Crippen LogP contribution in [0.5, 0.6) is 0 Å². The molecule has 1 rings (SSSR count). The van der Waals surface area contributed by atoms with E-state index in [0.717, 1.165) is 77.0 Å². The Labute approximate surface area is 371 Å². The number of carbonyl (C=O) groups excluding carboxylic acids is 1. The largest absolute Gasteiger partial charge is 0.394 e. The Hall–Kier alpha value is -2.63. The fourth-order valence-corrected chi connectivity index (χ4v) is 7.08.